The van der Waals surface area contributed by atoms with E-state index in [1.165, 1.54) is 12.1 Å². The summed E-state index contributed by atoms with van der Waals surface area (Å²) >= 11 is 5.05. The van der Waals surface area contributed by atoms with E-state index in [4.69, 9.17) is 12.2 Å². The number of aromatic nitrogens is 4. The van der Waals surface area contributed by atoms with Gasteiger partial charge in [0.05, 0.1) is 27.6 Å². The molecule has 0 radical (unpaired) electrons. The summed E-state index contributed by atoms with van der Waals surface area (Å²) < 4.78 is 16.2. The number of carbonyl (C=O) groups is 1. The number of nitrogens with one attached hydrogen (secondary N) is 3. The number of para-hydroxylation sites is 2. The second kappa shape index (κ2) is 6.68. The fourth-order valence-corrected chi connectivity index (χ4v) is 3.57. The van der Waals surface area contributed by atoms with Crippen LogP contribution in [0, 0.1) is 10.6 Å². The first-order valence-corrected chi connectivity index (χ1v) is 9.25. The molecule has 0 aliphatic heterocycles. The average molecular weight is 403 g/mol. The zero-order valence-electron chi connectivity index (χ0n) is 14.9. The van der Waals surface area contributed by atoms with Gasteiger partial charge in [0.2, 0.25) is 0 Å². The molecule has 0 saturated carbocycles. The van der Waals surface area contributed by atoms with Crippen molar-refractivity contribution in [3.63, 3.8) is 0 Å². The molecule has 0 unspecified atom stereocenters. The van der Waals surface area contributed by atoms with E-state index in [1.807, 2.05) is 41.0 Å². The fourth-order valence-electron chi connectivity index (χ4n) is 3.36. The van der Waals surface area contributed by atoms with E-state index in [0.29, 0.717) is 21.5 Å². The maximum absolute atomic E-state index is 13.9. The molecule has 5 aromatic rings. The Kier molecular flexibility index (Phi) is 3.99. The smallest absolute Gasteiger partial charge is 0.257 e. The van der Waals surface area contributed by atoms with Gasteiger partial charge in [-0.25, -0.2) is 9.37 Å². The van der Waals surface area contributed by atoms with Crippen LogP contribution in [0.1, 0.15) is 10.4 Å². The molecule has 0 bridgehead atoms. The number of H-pyrrole nitrogens is 2. The normalized spacial score (nSPS) is 11.2. The minimum Gasteiger partial charge on any atom is -0.331 e. The molecule has 0 aliphatic carbocycles. The van der Waals surface area contributed by atoms with Crippen LogP contribution in [0.15, 0.2) is 67.0 Å². The van der Waals surface area contributed by atoms with Gasteiger partial charge in [0.1, 0.15) is 12.1 Å². The van der Waals surface area contributed by atoms with Crippen LogP contribution in [0.4, 0.5) is 10.1 Å². The van der Waals surface area contributed by atoms with Crippen molar-refractivity contribution >= 4 is 45.9 Å². The molecule has 0 saturated heterocycles. The minimum atomic E-state index is -0.518. The van der Waals surface area contributed by atoms with E-state index in [1.54, 1.807) is 18.5 Å². The van der Waals surface area contributed by atoms with Crippen molar-refractivity contribution < 1.29 is 9.18 Å². The second-order valence-electron chi connectivity index (χ2n) is 6.56. The van der Waals surface area contributed by atoms with Crippen LogP contribution >= 0.6 is 12.2 Å². The van der Waals surface area contributed by atoms with Crippen molar-refractivity contribution in [1.82, 2.24) is 19.5 Å². The lowest BCUT2D eigenvalue weighted by Gasteiger charge is -2.09. The number of imidazole rings is 2. The number of hydrogen-bond acceptors (Lipinski definition) is 3. The van der Waals surface area contributed by atoms with Crippen LogP contribution < -0.4 is 5.32 Å². The molecular weight excluding hydrogens is 389 g/mol. The molecule has 5 rings (SSSR count). The highest BCUT2D eigenvalue weighted by Gasteiger charge is 2.14. The van der Waals surface area contributed by atoms with Gasteiger partial charge in [0.25, 0.3) is 5.91 Å². The molecule has 8 heteroatoms. The molecule has 0 spiro atoms. The summed E-state index contributed by atoms with van der Waals surface area (Å²) in [4.78, 5) is 22.8. The van der Waals surface area contributed by atoms with Crippen LogP contribution in [-0.4, -0.2) is 25.4 Å². The number of anilines is 1. The third-order valence-electron chi connectivity index (χ3n) is 4.69. The Morgan fingerprint density at radius 2 is 1.86 bits per heavy atom. The summed E-state index contributed by atoms with van der Waals surface area (Å²) in [5.41, 5.74) is 4.50. The summed E-state index contributed by atoms with van der Waals surface area (Å²) in [5.74, 6) is -0.948. The maximum Gasteiger partial charge on any atom is 0.257 e. The quantitative estimate of drug-likeness (QED) is 0.373. The molecule has 142 valence electrons. The molecule has 0 fully saturated rings. The number of aromatic amines is 2. The number of carbonyl (C=O) groups excluding carboxylic acids is 1. The highest BCUT2D eigenvalue weighted by molar-refractivity contribution is 7.71. The second-order valence-corrected chi connectivity index (χ2v) is 6.97. The maximum atomic E-state index is 13.9. The van der Waals surface area contributed by atoms with Gasteiger partial charge >= 0.3 is 0 Å². The van der Waals surface area contributed by atoms with Gasteiger partial charge in [0, 0.05) is 11.4 Å². The molecule has 1 amide bonds. The predicted octanol–water partition coefficient (Wildman–Crippen LogP) is 4.96. The van der Waals surface area contributed by atoms with Gasteiger partial charge < -0.3 is 15.3 Å². The number of hydrogen-bond donors (Lipinski definition) is 3. The van der Waals surface area contributed by atoms with E-state index in [-0.39, 0.29) is 5.56 Å². The Morgan fingerprint density at radius 3 is 2.69 bits per heavy atom. The van der Waals surface area contributed by atoms with Crippen LogP contribution in [0.25, 0.3) is 27.8 Å². The van der Waals surface area contributed by atoms with Crippen molar-refractivity contribution in [3.8, 4) is 5.69 Å². The lowest BCUT2D eigenvalue weighted by Crippen LogP contribution is -2.13. The molecular formula is C21H14FN5OS. The first-order chi connectivity index (χ1) is 14.1. The van der Waals surface area contributed by atoms with Crippen LogP contribution in [0.5, 0.6) is 0 Å². The molecule has 2 aromatic heterocycles. The zero-order valence-corrected chi connectivity index (χ0v) is 15.8. The van der Waals surface area contributed by atoms with Crippen molar-refractivity contribution in [2.45, 2.75) is 0 Å². The number of fused-ring (bicyclic) bond motifs is 2. The number of amides is 1. The summed E-state index contributed by atoms with van der Waals surface area (Å²) in [7, 11) is 0. The third kappa shape index (κ3) is 3.09. The van der Waals surface area contributed by atoms with Gasteiger partial charge in [-0.3, -0.25) is 9.36 Å². The Morgan fingerprint density at radius 1 is 1.07 bits per heavy atom. The molecule has 0 atom stereocenters. The number of benzene rings is 3. The summed E-state index contributed by atoms with van der Waals surface area (Å²) in [6, 6.07) is 17.7. The van der Waals surface area contributed by atoms with Crippen molar-refractivity contribution in [2.24, 2.45) is 0 Å². The summed E-state index contributed by atoms with van der Waals surface area (Å²) in [5, 5.41) is 2.80. The number of rotatable bonds is 3. The topological polar surface area (TPSA) is 78.5 Å². The van der Waals surface area contributed by atoms with Crippen LogP contribution in [0.3, 0.4) is 0 Å². The summed E-state index contributed by atoms with van der Waals surface area (Å²) in [6.07, 6.45) is 1.76. The first-order valence-electron chi connectivity index (χ1n) is 8.84. The number of halogens is 1. The Hall–Kier alpha value is -3.78. The highest BCUT2D eigenvalue weighted by atomic mass is 32.1. The minimum absolute atomic E-state index is 0.178. The van der Waals surface area contributed by atoms with E-state index in [2.05, 4.69) is 20.3 Å². The monoisotopic (exact) mass is 403 g/mol. The standard InChI is InChI=1S/C21H14FN5OS/c22-12-9-15(19-17(10-12)25-21(29)26-19)20(28)24-13-5-7-14(8-6-13)27-11-23-16-3-1-2-4-18(16)27/h1-11H,(H,24,28)(H2,25,26,29). The van der Waals surface area contributed by atoms with E-state index >= 15 is 0 Å². The van der Waals surface area contributed by atoms with E-state index < -0.39 is 11.7 Å². The van der Waals surface area contributed by atoms with Crippen LogP contribution in [0.2, 0.25) is 0 Å². The van der Waals surface area contributed by atoms with Gasteiger partial charge in [0.15, 0.2) is 4.77 Å². The third-order valence-corrected chi connectivity index (χ3v) is 4.90. The van der Waals surface area contributed by atoms with Gasteiger partial charge in [-0.2, -0.15) is 0 Å². The molecule has 29 heavy (non-hydrogen) atoms. The van der Waals surface area contributed by atoms with Crippen LogP contribution in [-0.2, 0) is 0 Å². The lowest BCUT2D eigenvalue weighted by molar-refractivity contribution is 0.102. The highest BCUT2D eigenvalue weighted by Crippen LogP contribution is 2.22. The SMILES string of the molecule is O=C(Nc1ccc(-n2cnc3ccccc32)cc1)c1cc(F)cc2[nH]c(=S)[nH]c12. The molecule has 0 aliphatic rings. The van der Waals surface area contributed by atoms with Crippen molar-refractivity contribution in [2.75, 3.05) is 5.32 Å². The first kappa shape index (κ1) is 17.3. The van der Waals surface area contributed by atoms with Crippen molar-refractivity contribution in [3.05, 3.63) is 83.1 Å². The van der Waals surface area contributed by atoms with E-state index in [9.17, 15) is 9.18 Å². The van der Waals surface area contributed by atoms with Crippen molar-refractivity contribution in [1.29, 1.82) is 0 Å². The van der Waals surface area contributed by atoms with Gasteiger partial charge in [-0.1, -0.05) is 12.1 Å². The number of nitrogens with zero attached hydrogens (tertiary/aromatic N) is 2. The molecule has 3 N–H and O–H groups in total. The Bertz CT molecular complexity index is 1430. The zero-order chi connectivity index (χ0) is 20.0. The fraction of sp³-hybridized carbons (Fsp3) is 0. The largest absolute Gasteiger partial charge is 0.331 e. The lowest BCUT2D eigenvalue weighted by atomic mass is 10.1. The van der Waals surface area contributed by atoms with Gasteiger partial charge in [-0.05, 0) is 60.7 Å². The Balaban J connectivity index is 1.44. The molecule has 2 heterocycles. The molecule has 3 aromatic carbocycles. The predicted molar refractivity (Wildman–Crippen MR) is 112 cm³/mol. The molecule has 6 nitrogen and oxygen atoms in total. The van der Waals surface area contributed by atoms with Gasteiger partial charge in [-0.15, -0.1) is 0 Å². The van der Waals surface area contributed by atoms with E-state index in [0.717, 1.165) is 16.7 Å². The summed E-state index contributed by atoms with van der Waals surface area (Å²) in [6.45, 7) is 0. The average Bonchev–Trinajstić information content (AvgIpc) is 3.30. The Labute approximate surface area is 169 Å².